The third-order valence-electron chi connectivity index (χ3n) is 6.59. The summed E-state index contributed by atoms with van der Waals surface area (Å²) in [6.07, 6.45) is 10.9. The fraction of sp³-hybridized carbons (Fsp3) is 1.00. The van der Waals surface area contributed by atoms with Gasteiger partial charge in [-0.2, -0.15) is 0 Å². The SMILES string of the molecule is CNCC1CCN(CC23CC4CC(CC(C4)C2)C3)C1. The Kier molecular flexibility index (Phi) is 3.15. The molecule has 5 aliphatic rings. The smallest absolute Gasteiger partial charge is 0.00384 e. The minimum absolute atomic E-state index is 0.753. The lowest BCUT2D eigenvalue weighted by Crippen LogP contribution is -2.51. The van der Waals surface area contributed by atoms with Crippen LogP contribution in [0.5, 0.6) is 0 Å². The summed E-state index contributed by atoms with van der Waals surface area (Å²) in [5.74, 6) is 4.25. The predicted molar refractivity (Wildman–Crippen MR) is 79.1 cm³/mol. The van der Waals surface area contributed by atoms with Gasteiger partial charge in [0.05, 0.1) is 0 Å². The second-order valence-corrected chi connectivity index (χ2v) is 8.37. The van der Waals surface area contributed by atoms with Gasteiger partial charge in [-0.3, -0.25) is 0 Å². The van der Waals surface area contributed by atoms with Gasteiger partial charge in [0.15, 0.2) is 0 Å². The van der Waals surface area contributed by atoms with E-state index in [1.165, 1.54) is 32.6 Å². The van der Waals surface area contributed by atoms with E-state index in [4.69, 9.17) is 0 Å². The van der Waals surface area contributed by atoms with Gasteiger partial charge >= 0.3 is 0 Å². The van der Waals surface area contributed by atoms with E-state index in [2.05, 4.69) is 17.3 Å². The van der Waals surface area contributed by atoms with E-state index >= 15 is 0 Å². The number of nitrogens with zero attached hydrogens (tertiary/aromatic N) is 1. The Labute approximate surface area is 118 Å². The maximum Gasteiger partial charge on any atom is 0.00384 e. The average molecular weight is 262 g/mol. The Morgan fingerprint density at radius 3 is 2.26 bits per heavy atom. The minimum Gasteiger partial charge on any atom is -0.319 e. The van der Waals surface area contributed by atoms with Gasteiger partial charge in [-0.1, -0.05) is 0 Å². The molecule has 1 heterocycles. The third kappa shape index (κ3) is 2.35. The minimum atomic E-state index is 0.753. The van der Waals surface area contributed by atoms with Crippen LogP contribution in [0.25, 0.3) is 0 Å². The second-order valence-electron chi connectivity index (χ2n) is 8.37. The summed E-state index contributed by atoms with van der Waals surface area (Å²) < 4.78 is 0. The molecule has 4 saturated carbocycles. The van der Waals surface area contributed by atoms with Crippen LogP contribution in [0, 0.1) is 29.1 Å². The van der Waals surface area contributed by atoms with Crippen molar-refractivity contribution in [2.45, 2.75) is 44.9 Å². The Bertz CT molecular complexity index is 303. The van der Waals surface area contributed by atoms with Crippen molar-refractivity contribution in [3.05, 3.63) is 0 Å². The first kappa shape index (κ1) is 12.6. The summed E-state index contributed by atoms with van der Waals surface area (Å²) in [5, 5.41) is 3.36. The van der Waals surface area contributed by atoms with Crippen molar-refractivity contribution in [3.8, 4) is 0 Å². The van der Waals surface area contributed by atoms with E-state index in [9.17, 15) is 0 Å². The van der Waals surface area contributed by atoms with Crippen molar-refractivity contribution in [3.63, 3.8) is 0 Å². The number of hydrogen-bond donors (Lipinski definition) is 1. The molecule has 1 aliphatic heterocycles. The van der Waals surface area contributed by atoms with Gasteiger partial charge in [0, 0.05) is 13.1 Å². The van der Waals surface area contributed by atoms with E-state index in [0.717, 1.165) is 29.1 Å². The van der Waals surface area contributed by atoms with Crippen LogP contribution in [0.15, 0.2) is 0 Å². The highest BCUT2D eigenvalue weighted by Crippen LogP contribution is 2.60. The molecule has 1 atom stereocenters. The Morgan fingerprint density at radius 1 is 1.05 bits per heavy atom. The molecule has 2 heteroatoms. The van der Waals surface area contributed by atoms with Crippen LogP contribution in [-0.4, -0.2) is 38.1 Å². The quantitative estimate of drug-likeness (QED) is 0.838. The first-order chi connectivity index (χ1) is 9.25. The molecule has 0 radical (unpaired) electrons. The van der Waals surface area contributed by atoms with Crippen LogP contribution >= 0.6 is 0 Å². The molecule has 0 spiro atoms. The molecule has 1 saturated heterocycles. The van der Waals surface area contributed by atoms with Crippen molar-refractivity contribution < 1.29 is 0 Å². The summed E-state index contributed by atoms with van der Waals surface area (Å²) in [5.41, 5.74) is 0.753. The molecule has 108 valence electrons. The Balaban J connectivity index is 1.40. The molecule has 1 unspecified atom stereocenters. The van der Waals surface area contributed by atoms with Gasteiger partial charge in [0.25, 0.3) is 0 Å². The van der Waals surface area contributed by atoms with E-state index in [1.54, 1.807) is 38.5 Å². The van der Waals surface area contributed by atoms with Gasteiger partial charge < -0.3 is 10.2 Å². The van der Waals surface area contributed by atoms with Crippen LogP contribution in [0.3, 0.4) is 0 Å². The molecule has 1 N–H and O–H groups in total. The average Bonchev–Trinajstić information content (AvgIpc) is 2.74. The Morgan fingerprint density at radius 2 is 1.68 bits per heavy atom. The molecular weight excluding hydrogens is 232 g/mol. The molecule has 4 aliphatic carbocycles. The van der Waals surface area contributed by atoms with Crippen LogP contribution < -0.4 is 5.32 Å². The third-order valence-corrected chi connectivity index (χ3v) is 6.59. The van der Waals surface area contributed by atoms with Gasteiger partial charge in [0.2, 0.25) is 0 Å². The van der Waals surface area contributed by atoms with Crippen molar-refractivity contribution in [1.82, 2.24) is 10.2 Å². The highest BCUT2D eigenvalue weighted by Gasteiger charge is 2.51. The normalized spacial score (nSPS) is 49.1. The predicted octanol–water partition coefficient (Wildman–Crippen LogP) is 2.74. The number of hydrogen-bond acceptors (Lipinski definition) is 2. The topological polar surface area (TPSA) is 15.3 Å². The number of rotatable bonds is 4. The van der Waals surface area contributed by atoms with E-state index in [0.29, 0.717) is 0 Å². The fourth-order valence-corrected chi connectivity index (χ4v) is 6.47. The first-order valence-electron chi connectivity index (χ1n) is 8.62. The highest BCUT2D eigenvalue weighted by atomic mass is 15.2. The molecule has 5 fully saturated rings. The van der Waals surface area contributed by atoms with Crippen LogP contribution in [0.4, 0.5) is 0 Å². The van der Waals surface area contributed by atoms with Gasteiger partial charge in [-0.25, -0.2) is 0 Å². The van der Waals surface area contributed by atoms with Crippen molar-refractivity contribution in [2.24, 2.45) is 29.1 Å². The highest BCUT2D eigenvalue weighted by molar-refractivity contribution is 5.03. The molecule has 0 aromatic heterocycles. The van der Waals surface area contributed by atoms with Crippen LogP contribution in [-0.2, 0) is 0 Å². The van der Waals surface area contributed by atoms with E-state index in [-0.39, 0.29) is 0 Å². The standard InChI is InChI=1S/C17H30N2/c1-18-10-13-2-3-19(11-13)12-17-7-14-4-15(8-17)6-16(5-14)9-17/h13-16,18H,2-12H2,1H3. The zero-order valence-electron chi connectivity index (χ0n) is 12.5. The van der Waals surface area contributed by atoms with Gasteiger partial charge in [-0.05, 0) is 94.2 Å². The molecule has 0 amide bonds. The Hall–Kier alpha value is -0.0800. The van der Waals surface area contributed by atoms with Gasteiger partial charge in [0.1, 0.15) is 0 Å². The monoisotopic (exact) mass is 262 g/mol. The lowest BCUT2D eigenvalue weighted by molar-refractivity contribution is -0.0668. The maximum absolute atomic E-state index is 3.36. The van der Waals surface area contributed by atoms with Crippen LogP contribution in [0.2, 0.25) is 0 Å². The van der Waals surface area contributed by atoms with Gasteiger partial charge in [-0.15, -0.1) is 0 Å². The maximum atomic E-state index is 3.36. The summed E-state index contributed by atoms with van der Waals surface area (Å²) in [6.45, 7) is 5.39. The summed E-state index contributed by atoms with van der Waals surface area (Å²) >= 11 is 0. The summed E-state index contributed by atoms with van der Waals surface area (Å²) in [4.78, 5) is 2.81. The zero-order chi connectivity index (χ0) is 12.9. The molecular formula is C17H30N2. The number of nitrogens with one attached hydrogen (secondary N) is 1. The number of likely N-dealkylation sites (tertiary alicyclic amines) is 1. The van der Waals surface area contributed by atoms with E-state index < -0.39 is 0 Å². The van der Waals surface area contributed by atoms with E-state index in [1.807, 2.05) is 0 Å². The molecule has 2 nitrogen and oxygen atoms in total. The van der Waals surface area contributed by atoms with Crippen molar-refractivity contribution in [2.75, 3.05) is 33.2 Å². The molecule has 19 heavy (non-hydrogen) atoms. The molecule has 4 bridgehead atoms. The lowest BCUT2D eigenvalue weighted by Gasteiger charge is -2.57. The lowest BCUT2D eigenvalue weighted by atomic mass is 9.49. The molecule has 0 aromatic carbocycles. The second kappa shape index (κ2) is 4.73. The molecule has 5 rings (SSSR count). The van der Waals surface area contributed by atoms with Crippen LogP contribution in [0.1, 0.15) is 44.9 Å². The molecule has 0 aromatic rings. The zero-order valence-corrected chi connectivity index (χ0v) is 12.5. The van der Waals surface area contributed by atoms with Crippen molar-refractivity contribution in [1.29, 1.82) is 0 Å². The summed E-state index contributed by atoms with van der Waals surface area (Å²) in [6, 6.07) is 0. The largest absolute Gasteiger partial charge is 0.319 e. The fourth-order valence-electron chi connectivity index (χ4n) is 6.47. The van der Waals surface area contributed by atoms with Crippen molar-refractivity contribution >= 4 is 0 Å². The first-order valence-corrected chi connectivity index (χ1v) is 8.62. The summed E-state index contributed by atoms with van der Waals surface area (Å²) in [7, 11) is 2.10.